The van der Waals surface area contributed by atoms with Crippen LogP contribution in [0.5, 0.6) is 0 Å². The van der Waals surface area contributed by atoms with E-state index in [2.05, 4.69) is 4.72 Å². The van der Waals surface area contributed by atoms with Crippen molar-refractivity contribution in [3.05, 3.63) is 58.9 Å². The van der Waals surface area contributed by atoms with E-state index >= 15 is 4.39 Å². The number of nitrogens with one attached hydrogen (secondary N) is 1. The Hall–Kier alpha value is -2.07. The fraction of sp³-hybridized carbons (Fsp3) is 0.435. The molecule has 6 nitrogen and oxygen atoms in total. The van der Waals surface area contributed by atoms with Crippen molar-refractivity contribution in [1.29, 1.82) is 0 Å². The average Bonchev–Trinajstić information content (AvgIpc) is 3.03. The van der Waals surface area contributed by atoms with E-state index in [1.807, 2.05) is 0 Å². The smallest absolute Gasteiger partial charge is 0.254 e. The zero-order chi connectivity index (χ0) is 24.6. The van der Waals surface area contributed by atoms with Crippen LogP contribution in [0.3, 0.4) is 0 Å². The predicted octanol–water partition coefficient (Wildman–Crippen LogP) is 3.32. The molecule has 0 aliphatic carbocycles. The van der Waals surface area contributed by atoms with Gasteiger partial charge in [-0.25, -0.2) is 21.9 Å². The van der Waals surface area contributed by atoms with Crippen LogP contribution in [0.15, 0.2) is 42.5 Å². The quantitative estimate of drug-likeness (QED) is 0.610. The number of amides is 1. The Balaban J connectivity index is 2.02. The SMILES string of the molecule is CCS(=O)(=O)N[C@H]1[C@@H](F)CN(C(=O)C(C)(C)O)[C@H]1Cc1cccc(-c2cccc(Cl)c2)c1F. The minimum Gasteiger partial charge on any atom is -0.381 e. The molecule has 1 fully saturated rings. The van der Waals surface area contributed by atoms with E-state index in [-0.39, 0.29) is 23.3 Å². The molecule has 0 radical (unpaired) electrons. The van der Waals surface area contributed by atoms with Crippen molar-refractivity contribution in [3.63, 3.8) is 0 Å². The summed E-state index contributed by atoms with van der Waals surface area (Å²) in [6, 6.07) is 9.05. The van der Waals surface area contributed by atoms with Gasteiger partial charge in [0.15, 0.2) is 0 Å². The van der Waals surface area contributed by atoms with E-state index in [9.17, 15) is 22.7 Å². The van der Waals surface area contributed by atoms with Gasteiger partial charge in [-0.3, -0.25) is 4.79 Å². The van der Waals surface area contributed by atoms with Gasteiger partial charge in [-0.05, 0) is 50.5 Å². The van der Waals surface area contributed by atoms with Crippen LogP contribution in [0.2, 0.25) is 5.02 Å². The number of alkyl halides is 1. The molecule has 3 rings (SSSR count). The molecule has 0 bridgehead atoms. The number of nitrogens with zero attached hydrogens (tertiary/aromatic N) is 1. The lowest BCUT2D eigenvalue weighted by molar-refractivity contribution is -0.149. The summed E-state index contributed by atoms with van der Waals surface area (Å²) in [5, 5.41) is 10.7. The first kappa shape index (κ1) is 25.6. The molecule has 0 unspecified atom stereocenters. The number of carbonyl (C=O) groups is 1. The average molecular weight is 501 g/mol. The summed E-state index contributed by atoms with van der Waals surface area (Å²) in [7, 11) is -3.81. The summed E-state index contributed by atoms with van der Waals surface area (Å²) in [5.41, 5.74) is -0.807. The molecule has 3 atom stereocenters. The highest BCUT2D eigenvalue weighted by Gasteiger charge is 2.48. The highest BCUT2D eigenvalue weighted by Crippen LogP contribution is 2.32. The fourth-order valence-electron chi connectivity index (χ4n) is 3.98. The Kier molecular flexibility index (Phi) is 7.48. The summed E-state index contributed by atoms with van der Waals surface area (Å²) in [6.07, 6.45) is -1.87. The highest BCUT2D eigenvalue weighted by atomic mass is 35.5. The summed E-state index contributed by atoms with van der Waals surface area (Å²) >= 11 is 6.03. The first-order valence-electron chi connectivity index (χ1n) is 10.5. The third kappa shape index (κ3) is 5.71. The van der Waals surface area contributed by atoms with Crippen LogP contribution in [0.1, 0.15) is 26.3 Å². The number of hydrogen-bond donors (Lipinski definition) is 2. The molecule has 2 aromatic rings. The molecule has 180 valence electrons. The zero-order valence-electron chi connectivity index (χ0n) is 18.6. The van der Waals surface area contributed by atoms with Gasteiger partial charge in [0.25, 0.3) is 5.91 Å². The van der Waals surface area contributed by atoms with Gasteiger partial charge in [0.1, 0.15) is 17.6 Å². The first-order chi connectivity index (χ1) is 15.3. The van der Waals surface area contributed by atoms with Crippen LogP contribution in [-0.4, -0.2) is 60.5 Å². The lowest BCUT2D eigenvalue weighted by atomic mass is 9.95. The van der Waals surface area contributed by atoms with Crippen LogP contribution in [-0.2, 0) is 21.2 Å². The molecule has 1 saturated heterocycles. The first-order valence-corrected chi connectivity index (χ1v) is 12.6. The van der Waals surface area contributed by atoms with Gasteiger partial charge < -0.3 is 10.0 Å². The number of hydrogen-bond acceptors (Lipinski definition) is 4. The summed E-state index contributed by atoms with van der Waals surface area (Å²) in [6.45, 7) is 3.53. The van der Waals surface area contributed by atoms with Crippen molar-refractivity contribution in [1.82, 2.24) is 9.62 Å². The van der Waals surface area contributed by atoms with Crippen LogP contribution < -0.4 is 4.72 Å². The maximum Gasteiger partial charge on any atom is 0.254 e. The Morgan fingerprint density at radius 3 is 2.55 bits per heavy atom. The molecular weight excluding hydrogens is 474 g/mol. The zero-order valence-corrected chi connectivity index (χ0v) is 20.1. The van der Waals surface area contributed by atoms with E-state index in [0.717, 1.165) is 4.90 Å². The second-order valence-corrected chi connectivity index (χ2v) is 11.1. The highest BCUT2D eigenvalue weighted by molar-refractivity contribution is 7.89. The molecule has 0 saturated carbocycles. The second kappa shape index (κ2) is 9.66. The summed E-state index contributed by atoms with van der Waals surface area (Å²) < 4.78 is 57.2. The van der Waals surface area contributed by atoms with Gasteiger partial charge in [0, 0.05) is 10.6 Å². The monoisotopic (exact) mass is 500 g/mol. The van der Waals surface area contributed by atoms with Crippen molar-refractivity contribution < 1.29 is 27.1 Å². The van der Waals surface area contributed by atoms with Crippen LogP contribution in [0.25, 0.3) is 11.1 Å². The number of carbonyl (C=O) groups excluding carboxylic acids is 1. The molecule has 10 heteroatoms. The van der Waals surface area contributed by atoms with Crippen LogP contribution >= 0.6 is 11.6 Å². The standard InChI is InChI=1S/C23H27ClF2N2O4S/c1-4-33(31,32)27-21-18(25)13-28(22(29)23(2,3)30)19(21)12-15-8-6-10-17(20(15)26)14-7-5-9-16(24)11-14/h5-11,18-19,21,27,30H,4,12-13H2,1-3H3/t18-,19-,21-/m0/s1. The van der Waals surface area contributed by atoms with Crippen molar-refractivity contribution in [2.24, 2.45) is 0 Å². The van der Waals surface area contributed by atoms with Gasteiger partial charge in [-0.1, -0.05) is 41.9 Å². The molecule has 33 heavy (non-hydrogen) atoms. The Labute approximate surface area is 197 Å². The molecular formula is C23H27ClF2N2O4S. The van der Waals surface area contributed by atoms with E-state index in [1.54, 1.807) is 36.4 Å². The molecule has 1 heterocycles. The van der Waals surface area contributed by atoms with Crippen molar-refractivity contribution in [2.45, 2.75) is 51.0 Å². The lowest BCUT2D eigenvalue weighted by Gasteiger charge is -2.32. The second-order valence-electron chi connectivity index (χ2n) is 8.64. The van der Waals surface area contributed by atoms with Gasteiger partial charge in [0.05, 0.1) is 24.4 Å². The number of benzene rings is 2. The van der Waals surface area contributed by atoms with Crippen LogP contribution in [0.4, 0.5) is 8.78 Å². The third-order valence-corrected chi connectivity index (χ3v) is 7.33. The molecule has 2 N–H and O–H groups in total. The van der Waals surface area contributed by atoms with Crippen molar-refractivity contribution >= 4 is 27.5 Å². The summed E-state index contributed by atoms with van der Waals surface area (Å²) in [5.74, 6) is -1.62. The number of rotatable bonds is 7. The lowest BCUT2D eigenvalue weighted by Crippen LogP contribution is -2.53. The van der Waals surface area contributed by atoms with Crippen molar-refractivity contribution in [2.75, 3.05) is 12.3 Å². The Bertz CT molecular complexity index is 1140. The Morgan fingerprint density at radius 2 is 1.94 bits per heavy atom. The minimum absolute atomic E-state index is 0.153. The number of sulfonamides is 1. The van der Waals surface area contributed by atoms with E-state index in [4.69, 9.17) is 11.6 Å². The number of aliphatic hydroxyl groups is 1. The summed E-state index contributed by atoms with van der Waals surface area (Å²) in [4.78, 5) is 13.9. The van der Waals surface area contributed by atoms with E-state index in [1.165, 1.54) is 26.8 Å². The van der Waals surface area contributed by atoms with Crippen molar-refractivity contribution in [3.8, 4) is 11.1 Å². The largest absolute Gasteiger partial charge is 0.381 e. The predicted molar refractivity (Wildman–Crippen MR) is 124 cm³/mol. The molecule has 2 aromatic carbocycles. The maximum absolute atomic E-state index is 15.5. The normalized spacial score (nSPS) is 21.4. The van der Waals surface area contributed by atoms with Crippen LogP contribution in [0, 0.1) is 5.82 Å². The third-order valence-electron chi connectivity index (χ3n) is 5.70. The molecule has 1 aliphatic heterocycles. The minimum atomic E-state index is -3.81. The molecule has 0 aromatic heterocycles. The van der Waals surface area contributed by atoms with Gasteiger partial charge in [-0.15, -0.1) is 0 Å². The van der Waals surface area contributed by atoms with Gasteiger partial charge in [-0.2, -0.15) is 0 Å². The molecule has 0 spiro atoms. The fourth-order valence-corrected chi connectivity index (χ4v) is 5.06. The number of halogens is 3. The van der Waals surface area contributed by atoms with Gasteiger partial charge >= 0.3 is 0 Å². The Morgan fingerprint density at radius 1 is 1.27 bits per heavy atom. The van der Waals surface area contributed by atoms with E-state index in [0.29, 0.717) is 10.6 Å². The van der Waals surface area contributed by atoms with E-state index < -0.39 is 52.1 Å². The molecule has 1 amide bonds. The maximum atomic E-state index is 15.5. The number of likely N-dealkylation sites (tertiary alicyclic amines) is 1. The van der Waals surface area contributed by atoms with Gasteiger partial charge in [0.2, 0.25) is 10.0 Å². The topological polar surface area (TPSA) is 86.7 Å². The molecule has 1 aliphatic rings.